The van der Waals surface area contributed by atoms with Gasteiger partial charge in [-0.05, 0) is 60.7 Å². The molecule has 0 aliphatic carbocycles. The second-order valence-electron chi connectivity index (χ2n) is 3.75. The van der Waals surface area contributed by atoms with Gasteiger partial charge in [-0.3, -0.25) is 0 Å². The molecule has 0 aromatic heterocycles. The number of hydrogen-bond acceptors (Lipinski definition) is 0. The standard InChI is InChI=1S/C14H16/c1-9-5-13-7-11(3)12(4)8-14(13)6-10(9)2/h5-8H,1-4H3/i5D,6D,7D,8D. The molecule has 0 aliphatic heterocycles. The van der Waals surface area contributed by atoms with Crippen molar-refractivity contribution in [3.63, 3.8) is 0 Å². The van der Waals surface area contributed by atoms with E-state index < -0.39 is 0 Å². The summed E-state index contributed by atoms with van der Waals surface area (Å²) in [5, 5.41) is 0.882. The van der Waals surface area contributed by atoms with Crippen molar-refractivity contribution in [3.8, 4) is 0 Å². The Hall–Kier alpha value is -1.30. The molecule has 0 bridgehead atoms. The maximum atomic E-state index is 8.14. The predicted molar refractivity (Wildman–Crippen MR) is 62.9 cm³/mol. The van der Waals surface area contributed by atoms with Gasteiger partial charge in [0.1, 0.15) is 0 Å². The average Bonchev–Trinajstić information content (AvgIpc) is 2.35. The molecule has 0 atom stereocenters. The molecule has 2 rings (SSSR count). The Labute approximate surface area is 91.2 Å². The first-order chi connectivity index (χ1) is 8.29. The van der Waals surface area contributed by atoms with Gasteiger partial charge in [-0.25, -0.2) is 0 Å². The van der Waals surface area contributed by atoms with Crippen LogP contribution in [0, 0.1) is 27.7 Å². The van der Waals surface area contributed by atoms with Crippen molar-refractivity contribution >= 4 is 10.8 Å². The van der Waals surface area contributed by atoms with Crippen LogP contribution in [-0.4, -0.2) is 0 Å². The van der Waals surface area contributed by atoms with E-state index >= 15 is 0 Å². The third-order valence-corrected chi connectivity index (χ3v) is 2.62. The third kappa shape index (κ3) is 1.41. The molecule has 0 saturated carbocycles. The Kier molecular flexibility index (Phi) is 1.24. The second-order valence-corrected chi connectivity index (χ2v) is 3.75. The number of benzene rings is 2. The minimum absolute atomic E-state index is 0.278. The summed E-state index contributed by atoms with van der Waals surface area (Å²) in [5.41, 5.74) is 2.90. The minimum Gasteiger partial charge on any atom is -0.0512 e. The highest BCUT2D eigenvalue weighted by molar-refractivity contribution is 5.85. The molecular weight excluding hydrogens is 168 g/mol. The lowest BCUT2D eigenvalue weighted by atomic mass is 9.98. The molecule has 2 aromatic rings. The van der Waals surface area contributed by atoms with E-state index in [9.17, 15) is 0 Å². The van der Waals surface area contributed by atoms with E-state index in [0.29, 0.717) is 10.8 Å². The molecule has 14 heavy (non-hydrogen) atoms. The van der Waals surface area contributed by atoms with Crippen molar-refractivity contribution in [2.24, 2.45) is 0 Å². The predicted octanol–water partition coefficient (Wildman–Crippen LogP) is 4.07. The topological polar surface area (TPSA) is 0 Å². The van der Waals surface area contributed by atoms with Crippen LogP contribution in [0.1, 0.15) is 27.7 Å². The first-order valence-electron chi connectivity index (χ1n) is 6.75. The van der Waals surface area contributed by atoms with Gasteiger partial charge in [0.2, 0.25) is 0 Å². The largest absolute Gasteiger partial charge is 0.0632 e. The van der Waals surface area contributed by atoms with Crippen LogP contribution in [0.2, 0.25) is 0 Å². The van der Waals surface area contributed by atoms with Crippen LogP contribution in [0.15, 0.2) is 24.2 Å². The van der Waals surface area contributed by atoms with Crippen molar-refractivity contribution in [1.82, 2.24) is 0 Å². The molecule has 0 fully saturated rings. The molecule has 0 N–H and O–H groups in total. The molecule has 0 heteroatoms. The molecule has 72 valence electrons. The van der Waals surface area contributed by atoms with E-state index in [2.05, 4.69) is 0 Å². The Morgan fingerprint density at radius 3 is 1.07 bits per heavy atom. The molecule has 0 radical (unpaired) electrons. The first-order valence-corrected chi connectivity index (χ1v) is 4.75. The van der Waals surface area contributed by atoms with Crippen LogP contribution >= 0.6 is 0 Å². The van der Waals surface area contributed by atoms with Crippen LogP contribution in [0.5, 0.6) is 0 Å². The molecular formula is C14H16. The fourth-order valence-corrected chi connectivity index (χ4v) is 1.44. The van der Waals surface area contributed by atoms with Crippen molar-refractivity contribution in [2.45, 2.75) is 27.7 Å². The molecule has 0 spiro atoms. The van der Waals surface area contributed by atoms with Gasteiger partial charge in [0.15, 0.2) is 0 Å². The van der Waals surface area contributed by atoms with E-state index in [-0.39, 0.29) is 24.2 Å². The van der Waals surface area contributed by atoms with Gasteiger partial charge in [-0.1, -0.05) is 24.2 Å². The Morgan fingerprint density at radius 2 is 0.857 bits per heavy atom. The number of hydrogen-bond donors (Lipinski definition) is 0. The zero-order valence-electron chi connectivity index (χ0n) is 13.0. The summed E-state index contributed by atoms with van der Waals surface area (Å²) in [6.07, 6.45) is 0. The SMILES string of the molecule is [2H]c1c(C)c(C)c([2H])c2c([2H])c(C)c(C)c([2H])c12. The van der Waals surface area contributed by atoms with Gasteiger partial charge < -0.3 is 0 Å². The quantitative estimate of drug-likeness (QED) is 0.584. The molecule has 0 heterocycles. The second kappa shape index (κ2) is 3.13. The maximum Gasteiger partial charge on any atom is 0.0632 e. The summed E-state index contributed by atoms with van der Waals surface area (Å²) in [4.78, 5) is 0. The number of rotatable bonds is 0. The van der Waals surface area contributed by atoms with Crippen molar-refractivity contribution in [3.05, 3.63) is 46.4 Å². The Morgan fingerprint density at radius 1 is 0.643 bits per heavy atom. The zero-order valence-corrected chi connectivity index (χ0v) is 9.00. The van der Waals surface area contributed by atoms with Gasteiger partial charge in [0.25, 0.3) is 0 Å². The summed E-state index contributed by atoms with van der Waals surface area (Å²) in [6.45, 7) is 7.20. The van der Waals surface area contributed by atoms with Crippen LogP contribution in [0.4, 0.5) is 0 Å². The Balaban J connectivity index is 3.22. The fraction of sp³-hybridized carbons (Fsp3) is 0.286. The molecule has 0 aliphatic rings. The Bertz CT molecular complexity index is 559. The molecule has 0 amide bonds. The summed E-state index contributed by atoms with van der Waals surface area (Å²) in [5.74, 6) is 0. The molecule has 2 aromatic carbocycles. The van der Waals surface area contributed by atoms with Crippen molar-refractivity contribution in [2.75, 3.05) is 0 Å². The van der Waals surface area contributed by atoms with Crippen LogP contribution in [0.25, 0.3) is 10.8 Å². The monoisotopic (exact) mass is 188 g/mol. The van der Waals surface area contributed by atoms with E-state index in [1.54, 1.807) is 27.7 Å². The lowest BCUT2D eigenvalue weighted by molar-refractivity contribution is 1.34. The summed E-state index contributed by atoms with van der Waals surface area (Å²) in [6, 6.07) is 1.11. The van der Waals surface area contributed by atoms with Crippen molar-refractivity contribution < 1.29 is 5.48 Å². The van der Waals surface area contributed by atoms with E-state index in [4.69, 9.17) is 5.48 Å². The van der Waals surface area contributed by atoms with Crippen LogP contribution in [-0.2, 0) is 0 Å². The van der Waals surface area contributed by atoms with E-state index in [1.165, 1.54) is 0 Å². The highest BCUT2D eigenvalue weighted by Crippen LogP contribution is 2.22. The van der Waals surface area contributed by atoms with Crippen molar-refractivity contribution in [1.29, 1.82) is 0 Å². The molecule has 0 saturated heterocycles. The lowest BCUT2D eigenvalue weighted by Crippen LogP contribution is -1.85. The van der Waals surface area contributed by atoms with Crippen LogP contribution < -0.4 is 0 Å². The first kappa shape index (κ1) is 5.55. The van der Waals surface area contributed by atoms with E-state index in [1.807, 2.05) is 0 Å². The summed E-state index contributed by atoms with van der Waals surface area (Å²) in [7, 11) is 0. The summed E-state index contributed by atoms with van der Waals surface area (Å²) < 4.78 is 32.6. The number of fused-ring (bicyclic) bond motifs is 1. The van der Waals surface area contributed by atoms with Crippen LogP contribution in [0.3, 0.4) is 0 Å². The normalized spacial score (nSPS) is 14.9. The van der Waals surface area contributed by atoms with Gasteiger partial charge in [0, 0.05) is 0 Å². The smallest absolute Gasteiger partial charge is 0.0512 e. The molecule has 0 unspecified atom stereocenters. The van der Waals surface area contributed by atoms with Gasteiger partial charge >= 0.3 is 0 Å². The van der Waals surface area contributed by atoms with E-state index in [0.717, 1.165) is 22.3 Å². The van der Waals surface area contributed by atoms with Gasteiger partial charge in [0.05, 0.1) is 5.48 Å². The van der Waals surface area contributed by atoms with Gasteiger partial charge in [-0.15, -0.1) is 0 Å². The summed E-state index contributed by atoms with van der Waals surface area (Å²) >= 11 is 0. The third-order valence-electron chi connectivity index (χ3n) is 2.62. The zero-order chi connectivity index (χ0) is 13.8. The lowest BCUT2D eigenvalue weighted by Gasteiger charge is -2.07. The fourth-order valence-electron chi connectivity index (χ4n) is 1.44. The highest BCUT2D eigenvalue weighted by atomic mass is 14.0. The highest BCUT2D eigenvalue weighted by Gasteiger charge is 2.00. The molecule has 0 nitrogen and oxygen atoms in total. The average molecular weight is 188 g/mol. The van der Waals surface area contributed by atoms with Gasteiger partial charge in [-0.2, -0.15) is 0 Å². The minimum atomic E-state index is 0.278. The maximum absolute atomic E-state index is 8.14.